The quantitative estimate of drug-likeness (QED) is 0.189. The first-order valence-electron chi connectivity index (χ1n) is 14.8. The summed E-state index contributed by atoms with van der Waals surface area (Å²) in [6, 6.07) is 19.6. The molecule has 5 rings (SSSR count). The number of aromatic nitrogens is 5. The summed E-state index contributed by atoms with van der Waals surface area (Å²) in [4.78, 5) is 19.1. The molecule has 3 aromatic carbocycles. The van der Waals surface area contributed by atoms with Crippen molar-refractivity contribution in [2.24, 2.45) is 0 Å². The van der Waals surface area contributed by atoms with Crippen LogP contribution in [0.4, 0.5) is 4.39 Å². The van der Waals surface area contributed by atoms with E-state index in [0.29, 0.717) is 41.4 Å². The Labute approximate surface area is 256 Å². The van der Waals surface area contributed by atoms with E-state index in [2.05, 4.69) is 46.2 Å². The molecule has 0 aliphatic carbocycles. The number of halogens is 1. The number of aryl methyl sites for hydroxylation is 1. The highest BCUT2D eigenvalue weighted by Crippen LogP contribution is 2.33. The maximum atomic E-state index is 15.2. The number of rotatable bonds is 12. The van der Waals surface area contributed by atoms with Crippen molar-refractivity contribution in [2.45, 2.75) is 58.7 Å². The Balaban J connectivity index is 1.69. The fraction of sp³-hybridized carbons (Fsp3) is 0.353. The standard InChI is InChI=1S/C34H39FN6O3/c1-7-34(3,4)41-32(37-38-39-41)31(26-20-24-13-10-11-22(2)30(24)36-33(26)42)40(21-25-12-8-9-14-27(25)35)18-17-23-15-16-28(43-5)29(19-23)44-6/h8-16,19-20,31H,7,17-18,21H2,1-6H3,(H,36,42)/t31-/m1/s1. The van der Waals surface area contributed by atoms with E-state index in [4.69, 9.17) is 9.47 Å². The molecule has 0 bridgehead atoms. The van der Waals surface area contributed by atoms with Gasteiger partial charge in [0.05, 0.1) is 25.3 Å². The van der Waals surface area contributed by atoms with Crippen molar-refractivity contribution < 1.29 is 13.9 Å². The number of para-hydroxylation sites is 1. The summed E-state index contributed by atoms with van der Waals surface area (Å²) >= 11 is 0. The van der Waals surface area contributed by atoms with E-state index in [1.54, 1.807) is 31.0 Å². The number of hydrogen-bond acceptors (Lipinski definition) is 7. The molecule has 10 heteroatoms. The van der Waals surface area contributed by atoms with Gasteiger partial charge in [0.2, 0.25) is 0 Å². The largest absolute Gasteiger partial charge is 0.493 e. The smallest absolute Gasteiger partial charge is 0.253 e. The Morgan fingerprint density at radius 2 is 1.80 bits per heavy atom. The molecular weight excluding hydrogens is 559 g/mol. The van der Waals surface area contributed by atoms with Crippen LogP contribution in [-0.2, 0) is 18.5 Å². The number of benzene rings is 3. The van der Waals surface area contributed by atoms with E-state index in [9.17, 15) is 4.79 Å². The fourth-order valence-electron chi connectivity index (χ4n) is 5.50. The van der Waals surface area contributed by atoms with E-state index in [1.807, 2.05) is 55.5 Å². The summed E-state index contributed by atoms with van der Waals surface area (Å²) < 4.78 is 27.9. The van der Waals surface area contributed by atoms with Gasteiger partial charge in [-0.25, -0.2) is 9.07 Å². The van der Waals surface area contributed by atoms with Crippen molar-refractivity contribution in [1.82, 2.24) is 30.1 Å². The van der Waals surface area contributed by atoms with Gasteiger partial charge in [-0.15, -0.1) is 5.10 Å². The minimum atomic E-state index is -0.691. The molecule has 2 aromatic heterocycles. The van der Waals surface area contributed by atoms with Gasteiger partial charge in [-0.2, -0.15) is 0 Å². The molecule has 0 spiro atoms. The Morgan fingerprint density at radius 3 is 2.52 bits per heavy atom. The zero-order valence-electron chi connectivity index (χ0n) is 26.1. The van der Waals surface area contributed by atoms with Crippen LogP contribution in [0.15, 0.2) is 71.5 Å². The molecule has 0 unspecified atom stereocenters. The Kier molecular flexibility index (Phi) is 9.10. The average molecular weight is 599 g/mol. The van der Waals surface area contributed by atoms with Gasteiger partial charge in [0.15, 0.2) is 17.3 Å². The topological polar surface area (TPSA) is 98.2 Å². The lowest BCUT2D eigenvalue weighted by Crippen LogP contribution is -2.39. The first-order chi connectivity index (χ1) is 21.2. The second-order valence-corrected chi connectivity index (χ2v) is 11.6. The van der Waals surface area contributed by atoms with Gasteiger partial charge in [0.25, 0.3) is 5.56 Å². The second-order valence-electron chi connectivity index (χ2n) is 11.6. The van der Waals surface area contributed by atoms with Crippen LogP contribution in [0.1, 0.15) is 61.3 Å². The molecule has 5 aromatic rings. The lowest BCUT2D eigenvalue weighted by Gasteiger charge is -2.34. The molecular formula is C34H39FN6O3. The van der Waals surface area contributed by atoms with Gasteiger partial charge in [-0.1, -0.05) is 49.4 Å². The van der Waals surface area contributed by atoms with Crippen LogP contribution in [-0.4, -0.2) is 50.9 Å². The minimum absolute atomic E-state index is 0.218. The number of pyridine rings is 1. The summed E-state index contributed by atoms with van der Waals surface area (Å²) in [5.41, 5.74) is 3.04. The summed E-state index contributed by atoms with van der Waals surface area (Å²) in [6.07, 6.45) is 1.33. The van der Waals surface area contributed by atoms with Gasteiger partial charge in [0.1, 0.15) is 11.9 Å². The predicted octanol–water partition coefficient (Wildman–Crippen LogP) is 5.96. The van der Waals surface area contributed by atoms with Crippen LogP contribution < -0.4 is 15.0 Å². The molecule has 9 nitrogen and oxygen atoms in total. The predicted molar refractivity (Wildman–Crippen MR) is 169 cm³/mol. The molecule has 0 radical (unpaired) electrons. The van der Waals surface area contributed by atoms with E-state index in [0.717, 1.165) is 28.5 Å². The Morgan fingerprint density at radius 1 is 1.02 bits per heavy atom. The first kappa shape index (κ1) is 30.9. The van der Waals surface area contributed by atoms with E-state index >= 15 is 4.39 Å². The summed E-state index contributed by atoms with van der Waals surface area (Å²) in [7, 11) is 3.20. The first-order valence-corrected chi connectivity index (χ1v) is 14.8. The van der Waals surface area contributed by atoms with Crippen LogP contribution in [0, 0.1) is 12.7 Å². The van der Waals surface area contributed by atoms with Crippen LogP contribution >= 0.6 is 0 Å². The zero-order valence-corrected chi connectivity index (χ0v) is 26.1. The van der Waals surface area contributed by atoms with Crippen molar-refractivity contribution in [3.05, 3.63) is 111 Å². The van der Waals surface area contributed by atoms with Crippen LogP contribution in [0.2, 0.25) is 0 Å². The molecule has 0 saturated heterocycles. The van der Waals surface area contributed by atoms with Gasteiger partial charge >= 0.3 is 0 Å². The third kappa shape index (κ3) is 6.21. The van der Waals surface area contributed by atoms with Gasteiger partial charge < -0.3 is 14.5 Å². The minimum Gasteiger partial charge on any atom is -0.493 e. The molecule has 2 heterocycles. The normalized spacial score (nSPS) is 12.5. The number of fused-ring (bicyclic) bond motifs is 1. The molecule has 0 saturated carbocycles. The number of nitrogens with zero attached hydrogens (tertiary/aromatic N) is 5. The van der Waals surface area contributed by atoms with Crippen LogP contribution in [0.25, 0.3) is 10.9 Å². The number of methoxy groups -OCH3 is 2. The van der Waals surface area contributed by atoms with Crippen molar-refractivity contribution in [2.75, 3.05) is 20.8 Å². The average Bonchev–Trinajstić information content (AvgIpc) is 3.52. The summed E-state index contributed by atoms with van der Waals surface area (Å²) in [6.45, 7) is 8.83. The third-order valence-corrected chi connectivity index (χ3v) is 8.42. The third-order valence-electron chi connectivity index (χ3n) is 8.42. The lowest BCUT2D eigenvalue weighted by atomic mass is 9.98. The van der Waals surface area contributed by atoms with Gasteiger partial charge in [-0.05, 0) is 84.8 Å². The summed E-state index contributed by atoms with van der Waals surface area (Å²) in [5.74, 6) is 1.45. The SMILES string of the molecule is CCC(C)(C)n1nnnc1[C@@H](c1cc2cccc(C)c2[nH]c1=O)N(CCc1ccc(OC)c(OC)c1)Cc1ccccc1F. The molecule has 230 valence electrons. The molecule has 1 atom stereocenters. The molecule has 0 aliphatic heterocycles. The highest BCUT2D eigenvalue weighted by Gasteiger charge is 2.34. The van der Waals surface area contributed by atoms with E-state index in [1.165, 1.54) is 6.07 Å². The second kappa shape index (κ2) is 13.0. The highest BCUT2D eigenvalue weighted by molar-refractivity contribution is 5.82. The van der Waals surface area contributed by atoms with E-state index < -0.39 is 11.6 Å². The lowest BCUT2D eigenvalue weighted by molar-refractivity contribution is 0.188. The van der Waals surface area contributed by atoms with Crippen LogP contribution in [0.3, 0.4) is 0 Å². The maximum absolute atomic E-state index is 15.2. The zero-order chi connectivity index (χ0) is 31.4. The molecule has 44 heavy (non-hydrogen) atoms. The molecule has 0 aliphatic rings. The van der Waals surface area contributed by atoms with Crippen molar-refractivity contribution in [3.63, 3.8) is 0 Å². The van der Waals surface area contributed by atoms with Gasteiger partial charge in [-0.3, -0.25) is 9.69 Å². The van der Waals surface area contributed by atoms with Crippen LogP contribution in [0.5, 0.6) is 11.5 Å². The number of hydrogen-bond donors (Lipinski definition) is 1. The Bertz CT molecular complexity index is 1810. The fourth-order valence-corrected chi connectivity index (χ4v) is 5.50. The number of ether oxygens (including phenoxy) is 2. The highest BCUT2D eigenvalue weighted by atomic mass is 19.1. The van der Waals surface area contributed by atoms with Gasteiger partial charge in [0, 0.05) is 24.2 Å². The molecule has 0 amide bonds. The number of H-pyrrole nitrogens is 1. The van der Waals surface area contributed by atoms with Crippen molar-refractivity contribution in [3.8, 4) is 11.5 Å². The number of aromatic amines is 1. The maximum Gasteiger partial charge on any atom is 0.253 e. The number of tetrazole rings is 1. The van der Waals surface area contributed by atoms with Crippen molar-refractivity contribution >= 4 is 10.9 Å². The number of nitrogens with one attached hydrogen (secondary N) is 1. The van der Waals surface area contributed by atoms with Crippen molar-refractivity contribution in [1.29, 1.82) is 0 Å². The summed E-state index contributed by atoms with van der Waals surface area (Å²) in [5, 5.41) is 13.9. The monoisotopic (exact) mass is 598 g/mol. The van der Waals surface area contributed by atoms with E-state index in [-0.39, 0.29) is 17.9 Å². The molecule has 0 fully saturated rings. The molecule has 1 N–H and O–H groups in total. The Hall–Kier alpha value is -4.57.